The second-order valence-corrected chi connectivity index (χ2v) is 6.47. The van der Waals surface area contributed by atoms with Gasteiger partial charge in [0, 0.05) is 16.6 Å². The Morgan fingerprint density at radius 2 is 1.89 bits per heavy atom. The van der Waals surface area contributed by atoms with Crippen LogP contribution in [0, 0.1) is 0 Å². The van der Waals surface area contributed by atoms with Crippen LogP contribution in [-0.4, -0.2) is 23.3 Å². The average molecular weight is 373 g/mol. The number of carbonyl (C=O) groups is 1. The van der Waals surface area contributed by atoms with E-state index in [4.69, 9.17) is 0 Å². The number of hydrazone groups is 1. The Bertz CT molecular complexity index is 1020. The van der Waals surface area contributed by atoms with Gasteiger partial charge in [0.1, 0.15) is 11.8 Å². The van der Waals surface area contributed by atoms with Crippen molar-refractivity contribution >= 4 is 28.6 Å². The first-order chi connectivity index (χ1) is 13.6. The molecule has 0 bridgehead atoms. The lowest BCUT2D eigenvalue weighted by Crippen LogP contribution is -2.34. The Morgan fingerprint density at radius 1 is 1.14 bits per heavy atom. The molecule has 1 amide bonds. The van der Waals surface area contributed by atoms with Gasteiger partial charge in [0.2, 0.25) is 0 Å². The van der Waals surface area contributed by atoms with Gasteiger partial charge in [0.15, 0.2) is 0 Å². The van der Waals surface area contributed by atoms with E-state index in [-0.39, 0.29) is 11.7 Å². The number of carbonyl (C=O) groups excluding carboxylic acids is 1. The molecule has 0 heterocycles. The number of allylic oxidation sites excluding steroid dienone is 1. The first kappa shape index (κ1) is 19.2. The number of aromatic hydroxyl groups is 1. The Kier molecular flexibility index (Phi) is 6.07. The molecule has 0 spiro atoms. The van der Waals surface area contributed by atoms with E-state index in [1.807, 2.05) is 54.6 Å². The van der Waals surface area contributed by atoms with Crippen molar-refractivity contribution in [1.29, 1.82) is 0 Å². The zero-order valence-electron chi connectivity index (χ0n) is 15.7. The second kappa shape index (κ2) is 8.86. The van der Waals surface area contributed by atoms with Gasteiger partial charge in [-0.3, -0.25) is 4.79 Å². The van der Waals surface area contributed by atoms with Crippen LogP contribution < -0.4 is 10.7 Å². The van der Waals surface area contributed by atoms with Gasteiger partial charge in [0.05, 0.1) is 6.21 Å². The molecular weight excluding hydrogens is 350 g/mol. The predicted octanol–water partition coefficient (Wildman–Crippen LogP) is 4.22. The summed E-state index contributed by atoms with van der Waals surface area (Å²) in [7, 11) is 0. The fraction of sp³-hybridized carbons (Fsp3) is 0.130. The van der Waals surface area contributed by atoms with Crippen molar-refractivity contribution in [3.63, 3.8) is 0 Å². The molecule has 5 nitrogen and oxygen atoms in total. The smallest absolute Gasteiger partial charge is 0.262 e. The maximum Gasteiger partial charge on any atom is 0.262 e. The molecule has 3 aromatic rings. The molecule has 0 saturated heterocycles. The number of fused-ring (bicyclic) bond motifs is 1. The summed E-state index contributed by atoms with van der Waals surface area (Å²) in [5.41, 5.74) is 4.70. The third kappa shape index (κ3) is 4.38. The largest absolute Gasteiger partial charge is 0.507 e. The Labute approximate surface area is 164 Å². The fourth-order valence-electron chi connectivity index (χ4n) is 2.95. The Balaban J connectivity index is 1.65. The van der Waals surface area contributed by atoms with Gasteiger partial charge >= 0.3 is 0 Å². The lowest BCUT2D eigenvalue weighted by molar-refractivity contribution is -0.121. The van der Waals surface area contributed by atoms with Crippen LogP contribution in [0.5, 0.6) is 5.75 Å². The molecule has 0 saturated carbocycles. The molecule has 0 aliphatic rings. The summed E-state index contributed by atoms with van der Waals surface area (Å²) >= 11 is 0. The van der Waals surface area contributed by atoms with Crippen LogP contribution in [-0.2, 0) is 11.2 Å². The summed E-state index contributed by atoms with van der Waals surface area (Å²) in [6.45, 7) is 5.45. The van der Waals surface area contributed by atoms with Crippen LogP contribution in [0.25, 0.3) is 10.8 Å². The van der Waals surface area contributed by atoms with Gasteiger partial charge in [-0.15, -0.1) is 6.58 Å². The molecule has 0 aliphatic heterocycles. The summed E-state index contributed by atoms with van der Waals surface area (Å²) in [5, 5.41) is 19.6. The maximum atomic E-state index is 12.4. The molecule has 0 radical (unpaired) electrons. The molecule has 3 rings (SSSR count). The topological polar surface area (TPSA) is 73.7 Å². The number of amides is 1. The van der Waals surface area contributed by atoms with Gasteiger partial charge in [-0.25, -0.2) is 5.43 Å². The standard InChI is InChI=1S/C23H23N3O2/c1-3-8-18-11-6-12-19(22(18)27)15-24-26-23(28)16(2)25-21-14-7-10-17-9-4-5-13-20(17)21/h3-7,9-16,25,27H,1,8H2,2H3,(H,26,28)/b24-15-/t16-/m1/s1. The summed E-state index contributed by atoms with van der Waals surface area (Å²) in [6, 6.07) is 18.8. The van der Waals surface area contributed by atoms with Crippen LogP contribution in [0.1, 0.15) is 18.1 Å². The van der Waals surface area contributed by atoms with Crippen molar-refractivity contribution < 1.29 is 9.90 Å². The summed E-state index contributed by atoms with van der Waals surface area (Å²) in [5.74, 6) is -0.131. The number of phenolic OH excluding ortho intramolecular Hbond substituents is 1. The molecule has 1 atom stereocenters. The van der Waals surface area contributed by atoms with Crippen molar-refractivity contribution in [1.82, 2.24) is 5.43 Å². The SMILES string of the molecule is C=CCc1cccc(/C=N\NC(=O)[C@@H](C)Nc2cccc3ccccc23)c1O. The average Bonchev–Trinajstić information content (AvgIpc) is 2.71. The van der Waals surface area contributed by atoms with Crippen LogP contribution in [0.3, 0.4) is 0 Å². The van der Waals surface area contributed by atoms with E-state index in [1.54, 1.807) is 19.1 Å². The molecular formula is C23H23N3O2. The zero-order chi connectivity index (χ0) is 19.9. The van der Waals surface area contributed by atoms with Gasteiger partial charge in [-0.1, -0.05) is 54.6 Å². The lowest BCUT2D eigenvalue weighted by atomic mass is 10.1. The van der Waals surface area contributed by atoms with Crippen LogP contribution in [0.4, 0.5) is 5.69 Å². The van der Waals surface area contributed by atoms with E-state index in [0.717, 1.165) is 22.0 Å². The van der Waals surface area contributed by atoms with Crippen LogP contribution in [0.2, 0.25) is 0 Å². The molecule has 0 unspecified atom stereocenters. The van der Waals surface area contributed by atoms with E-state index in [0.29, 0.717) is 12.0 Å². The highest BCUT2D eigenvalue weighted by atomic mass is 16.3. The van der Waals surface area contributed by atoms with Gasteiger partial charge in [-0.2, -0.15) is 5.10 Å². The molecule has 3 aromatic carbocycles. The highest BCUT2D eigenvalue weighted by Gasteiger charge is 2.13. The number of benzene rings is 3. The Morgan fingerprint density at radius 3 is 2.71 bits per heavy atom. The molecule has 142 valence electrons. The minimum absolute atomic E-state index is 0.141. The van der Waals surface area contributed by atoms with Crippen molar-refractivity contribution in [2.75, 3.05) is 5.32 Å². The van der Waals surface area contributed by atoms with Gasteiger partial charge in [-0.05, 0) is 36.4 Å². The minimum atomic E-state index is -0.483. The zero-order valence-corrected chi connectivity index (χ0v) is 15.7. The fourth-order valence-corrected chi connectivity index (χ4v) is 2.95. The first-order valence-electron chi connectivity index (χ1n) is 9.09. The number of hydrogen-bond acceptors (Lipinski definition) is 4. The summed E-state index contributed by atoms with van der Waals surface area (Å²) in [6.07, 6.45) is 3.72. The van der Waals surface area contributed by atoms with Crippen molar-refractivity contribution in [2.45, 2.75) is 19.4 Å². The maximum absolute atomic E-state index is 12.4. The number of nitrogens with one attached hydrogen (secondary N) is 2. The number of anilines is 1. The highest BCUT2D eigenvalue weighted by molar-refractivity contribution is 5.96. The summed E-state index contributed by atoms with van der Waals surface area (Å²) < 4.78 is 0. The van der Waals surface area contributed by atoms with Crippen LogP contribution in [0.15, 0.2) is 78.4 Å². The quantitative estimate of drug-likeness (QED) is 0.330. The number of hydrogen-bond donors (Lipinski definition) is 3. The van der Waals surface area contributed by atoms with Gasteiger partial charge < -0.3 is 10.4 Å². The monoisotopic (exact) mass is 373 g/mol. The molecule has 0 aliphatic carbocycles. The normalized spacial score (nSPS) is 12.0. The molecule has 5 heteroatoms. The van der Waals surface area contributed by atoms with E-state index >= 15 is 0 Å². The molecule has 0 aromatic heterocycles. The van der Waals surface area contributed by atoms with Crippen molar-refractivity contribution in [2.24, 2.45) is 5.10 Å². The highest BCUT2D eigenvalue weighted by Crippen LogP contribution is 2.24. The number of para-hydroxylation sites is 1. The lowest BCUT2D eigenvalue weighted by Gasteiger charge is -2.15. The van der Waals surface area contributed by atoms with E-state index in [1.165, 1.54) is 6.21 Å². The number of nitrogens with zero attached hydrogens (tertiary/aromatic N) is 1. The second-order valence-electron chi connectivity index (χ2n) is 6.47. The van der Waals surface area contributed by atoms with E-state index < -0.39 is 6.04 Å². The number of phenols is 1. The van der Waals surface area contributed by atoms with Gasteiger partial charge in [0.25, 0.3) is 5.91 Å². The predicted molar refractivity (Wildman–Crippen MR) is 115 cm³/mol. The van der Waals surface area contributed by atoms with E-state index in [2.05, 4.69) is 22.4 Å². The molecule has 28 heavy (non-hydrogen) atoms. The Hall–Kier alpha value is -3.60. The summed E-state index contributed by atoms with van der Waals surface area (Å²) in [4.78, 5) is 12.4. The van der Waals surface area contributed by atoms with E-state index in [9.17, 15) is 9.90 Å². The number of rotatable bonds is 7. The van der Waals surface area contributed by atoms with Crippen molar-refractivity contribution in [3.8, 4) is 5.75 Å². The third-order valence-corrected chi connectivity index (χ3v) is 4.45. The third-order valence-electron chi connectivity index (χ3n) is 4.45. The molecule has 0 fully saturated rings. The molecule has 3 N–H and O–H groups in total. The first-order valence-corrected chi connectivity index (χ1v) is 9.09. The van der Waals surface area contributed by atoms with Crippen LogP contribution >= 0.6 is 0 Å². The van der Waals surface area contributed by atoms with Crippen molar-refractivity contribution in [3.05, 3.63) is 84.4 Å². The minimum Gasteiger partial charge on any atom is -0.507 e.